The lowest BCUT2D eigenvalue weighted by Crippen LogP contribution is -2.14. The summed E-state index contributed by atoms with van der Waals surface area (Å²) in [5.74, 6) is -0.179. The number of sulfone groups is 1. The maximum atomic E-state index is 12.0. The van der Waals surface area contributed by atoms with Gasteiger partial charge in [0, 0.05) is 0 Å². The van der Waals surface area contributed by atoms with Crippen LogP contribution in [0, 0.1) is 13.8 Å². The summed E-state index contributed by atoms with van der Waals surface area (Å²) in [5.41, 5.74) is 1.33. The van der Waals surface area contributed by atoms with Gasteiger partial charge in [-0.15, -0.1) is 0 Å². The largest absolute Gasteiger partial charge is 0.496 e. The van der Waals surface area contributed by atoms with E-state index in [4.69, 9.17) is 4.74 Å². The molecule has 5 heteroatoms. The van der Waals surface area contributed by atoms with Gasteiger partial charge in [0.2, 0.25) is 0 Å². The lowest BCUT2D eigenvalue weighted by Gasteiger charge is -2.11. The molecule has 0 heterocycles. The Morgan fingerprint density at radius 3 is 2.29 bits per heavy atom. The van der Waals surface area contributed by atoms with E-state index in [0.29, 0.717) is 11.3 Å². The molecule has 0 radical (unpaired) electrons. The molecule has 0 unspecified atom stereocenters. The number of carbonyl (C=O) groups excluding carboxylic acids is 1. The van der Waals surface area contributed by atoms with Gasteiger partial charge in [0.05, 0.1) is 12.0 Å². The normalized spacial score (nSPS) is 11.3. The summed E-state index contributed by atoms with van der Waals surface area (Å²) in [4.78, 5) is 11.1. The standard InChI is InChI=1S/C12H16O4S/c1-8-6-12(9(2)5-11(8)16-4)17(14,15)7-10(3)13/h5-6H,7H2,1-4H3. The fraction of sp³-hybridized carbons (Fsp3) is 0.417. The third kappa shape index (κ3) is 3.06. The van der Waals surface area contributed by atoms with Gasteiger partial charge in [0.25, 0.3) is 0 Å². The monoisotopic (exact) mass is 256 g/mol. The number of ketones is 1. The highest BCUT2D eigenvalue weighted by Crippen LogP contribution is 2.26. The number of aryl methyl sites for hydroxylation is 2. The molecule has 0 aliphatic heterocycles. The van der Waals surface area contributed by atoms with Crippen molar-refractivity contribution in [2.75, 3.05) is 12.9 Å². The summed E-state index contributed by atoms with van der Waals surface area (Å²) < 4.78 is 29.0. The number of ether oxygens (including phenoxy) is 1. The van der Waals surface area contributed by atoms with Crippen LogP contribution in [0.3, 0.4) is 0 Å². The first kappa shape index (κ1) is 13.7. The maximum Gasteiger partial charge on any atom is 0.185 e. The summed E-state index contributed by atoms with van der Waals surface area (Å²) in [6.07, 6.45) is 0. The van der Waals surface area contributed by atoms with E-state index in [2.05, 4.69) is 0 Å². The van der Waals surface area contributed by atoms with Gasteiger partial charge in [-0.2, -0.15) is 0 Å². The average molecular weight is 256 g/mol. The molecule has 4 nitrogen and oxygen atoms in total. The van der Waals surface area contributed by atoms with E-state index in [1.54, 1.807) is 26.0 Å². The third-order valence-corrected chi connectivity index (χ3v) is 4.32. The third-order valence-electron chi connectivity index (χ3n) is 2.42. The van der Waals surface area contributed by atoms with Crippen LogP contribution in [-0.2, 0) is 14.6 Å². The first-order valence-corrected chi connectivity index (χ1v) is 6.80. The molecule has 1 aromatic carbocycles. The first-order chi connectivity index (χ1) is 7.77. The van der Waals surface area contributed by atoms with E-state index in [1.807, 2.05) is 0 Å². The Balaban J connectivity index is 3.33. The highest BCUT2D eigenvalue weighted by atomic mass is 32.2. The number of rotatable bonds is 4. The minimum absolute atomic E-state index is 0.200. The van der Waals surface area contributed by atoms with Crippen LogP contribution < -0.4 is 4.74 Å². The van der Waals surface area contributed by atoms with E-state index in [9.17, 15) is 13.2 Å². The van der Waals surface area contributed by atoms with E-state index in [-0.39, 0.29) is 10.7 Å². The van der Waals surface area contributed by atoms with Crippen molar-refractivity contribution in [3.8, 4) is 5.75 Å². The fourth-order valence-corrected chi connectivity index (χ4v) is 3.26. The zero-order valence-electron chi connectivity index (χ0n) is 10.4. The number of Topliss-reactive ketones (excluding diaryl/α,β-unsaturated/α-hetero) is 1. The molecule has 0 N–H and O–H groups in total. The van der Waals surface area contributed by atoms with Crippen molar-refractivity contribution in [2.24, 2.45) is 0 Å². The van der Waals surface area contributed by atoms with E-state index >= 15 is 0 Å². The smallest absolute Gasteiger partial charge is 0.185 e. The molecule has 0 amide bonds. The van der Waals surface area contributed by atoms with Gasteiger partial charge >= 0.3 is 0 Å². The molecule has 94 valence electrons. The second-order valence-electron chi connectivity index (χ2n) is 4.05. The van der Waals surface area contributed by atoms with Crippen molar-refractivity contribution in [2.45, 2.75) is 25.7 Å². The lowest BCUT2D eigenvalue weighted by atomic mass is 10.1. The van der Waals surface area contributed by atoms with E-state index in [1.165, 1.54) is 14.0 Å². The predicted molar refractivity (Wildman–Crippen MR) is 65.2 cm³/mol. The van der Waals surface area contributed by atoms with Gasteiger partial charge in [-0.3, -0.25) is 4.79 Å². The summed E-state index contributed by atoms with van der Waals surface area (Å²) in [5, 5.41) is 0. The van der Waals surface area contributed by atoms with Gasteiger partial charge in [-0.1, -0.05) is 0 Å². The summed E-state index contributed by atoms with van der Waals surface area (Å²) in [6, 6.07) is 3.22. The Morgan fingerprint density at radius 1 is 1.24 bits per heavy atom. The molecule has 0 saturated carbocycles. The van der Waals surface area contributed by atoms with Crippen LogP contribution in [-0.4, -0.2) is 27.1 Å². The van der Waals surface area contributed by atoms with Gasteiger partial charge in [-0.05, 0) is 44.0 Å². The highest BCUT2D eigenvalue weighted by molar-refractivity contribution is 7.92. The average Bonchev–Trinajstić information content (AvgIpc) is 2.18. The van der Waals surface area contributed by atoms with E-state index < -0.39 is 15.6 Å². The van der Waals surface area contributed by atoms with Crippen molar-refractivity contribution in [3.63, 3.8) is 0 Å². The van der Waals surface area contributed by atoms with Crippen LogP contribution in [0.5, 0.6) is 5.75 Å². The van der Waals surface area contributed by atoms with Crippen LogP contribution in [0.15, 0.2) is 17.0 Å². The van der Waals surface area contributed by atoms with Crippen LogP contribution >= 0.6 is 0 Å². The second-order valence-corrected chi connectivity index (χ2v) is 6.01. The Morgan fingerprint density at radius 2 is 1.82 bits per heavy atom. The minimum Gasteiger partial charge on any atom is -0.496 e. The molecular weight excluding hydrogens is 240 g/mol. The molecule has 0 bridgehead atoms. The molecule has 0 aromatic heterocycles. The number of hydrogen-bond acceptors (Lipinski definition) is 4. The van der Waals surface area contributed by atoms with Crippen LogP contribution in [0.25, 0.3) is 0 Å². The molecule has 0 spiro atoms. The highest BCUT2D eigenvalue weighted by Gasteiger charge is 2.20. The van der Waals surface area contributed by atoms with Crippen LogP contribution in [0.2, 0.25) is 0 Å². The lowest BCUT2D eigenvalue weighted by molar-refractivity contribution is -0.114. The zero-order valence-corrected chi connectivity index (χ0v) is 11.2. The summed E-state index contributed by atoms with van der Waals surface area (Å²) in [6.45, 7) is 4.73. The van der Waals surface area contributed by atoms with Gasteiger partial charge in [-0.25, -0.2) is 8.42 Å². The molecule has 0 saturated heterocycles. The van der Waals surface area contributed by atoms with Crippen molar-refractivity contribution in [1.29, 1.82) is 0 Å². The van der Waals surface area contributed by atoms with Gasteiger partial charge in [0.15, 0.2) is 9.84 Å². The summed E-state index contributed by atoms with van der Waals surface area (Å²) >= 11 is 0. The zero-order chi connectivity index (χ0) is 13.2. The maximum absolute atomic E-state index is 12.0. The van der Waals surface area contributed by atoms with Crippen LogP contribution in [0.1, 0.15) is 18.1 Å². The Bertz CT molecular complexity index is 544. The van der Waals surface area contributed by atoms with E-state index in [0.717, 1.165) is 5.56 Å². The second kappa shape index (κ2) is 4.87. The number of hydrogen-bond donors (Lipinski definition) is 0. The predicted octanol–water partition coefficient (Wildman–Crippen LogP) is 1.67. The number of methoxy groups -OCH3 is 1. The quantitative estimate of drug-likeness (QED) is 0.822. The SMILES string of the molecule is COc1cc(C)c(S(=O)(=O)CC(C)=O)cc1C. The molecule has 1 rings (SSSR count). The van der Waals surface area contributed by atoms with Gasteiger partial charge in [0.1, 0.15) is 17.3 Å². The number of benzene rings is 1. The molecule has 0 atom stereocenters. The Kier molecular flexibility index (Phi) is 3.93. The van der Waals surface area contributed by atoms with Crippen molar-refractivity contribution < 1.29 is 17.9 Å². The minimum atomic E-state index is -3.54. The van der Waals surface area contributed by atoms with Crippen molar-refractivity contribution in [1.82, 2.24) is 0 Å². The Hall–Kier alpha value is -1.36. The Labute approximate surface area is 102 Å². The molecule has 17 heavy (non-hydrogen) atoms. The number of carbonyl (C=O) groups is 1. The molecule has 1 aromatic rings. The van der Waals surface area contributed by atoms with Gasteiger partial charge < -0.3 is 4.74 Å². The molecular formula is C12H16O4S. The molecule has 0 fully saturated rings. The molecule has 0 aliphatic rings. The van der Waals surface area contributed by atoms with Crippen molar-refractivity contribution >= 4 is 15.6 Å². The first-order valence-electron chi connectivity index (χ1n) is 5.15. The van der Waals surface area contributed by atoms with Crippen molar-refractivity contribution in [3.05, 3.63) is 23.3 Å². The van der Waals surface area contributed by atoms with Crippen LogP contribution in [0.4, 0.5) is 0 Å². The fourth-order valence-electron chi connectivity index (χ4n) is 1.66. The molecule has 0 aliphatic carbocycles. The summed E-state index contributed by atoms with van der Waals surface area (Å²) in [7, 11) is -2.01. The topological polar surface area (TPSA) is 60.4 Å².